The molecule has 0 bridgehead atoms. The van der Waals surface area contributed by atoms with Gasteiger partial charge in [0, 0.05) is 12.2 Å². The Morgan fingerprint density at radius 2 is 1.90 bits per heavy atom. The standard InChI is InChI=1S/C17H23N3/c1-4-6-13(3)16(12-18)17(19)14-7-9-15(10-8-14)20-11-5-2/h7-10,20H,3-6,11,19H2,1-2H3/b17-16-. The molecule has 0 aromatic heterocycles. The van der Waals surface area contributed by atoms with E-state index in [0.29, 0.717) is 11.3 Å². The van der Waals surface area contributed by atoms with Crippen molar-refractivity contribution in [3.63, 3.8) is 0 Å². The highest BCUT2D eigenvalue weighted by molar-refractivity contribution is 5.74. The second kappa shape index (κ2) is 8.06. The molecule has 0 atom stereocenters. The Labute approximate surface area is 121 Å². The summed E-state index contributed by atoms with van der Waals surface area (Å²) in [6.45, 7) is 9.08. The molecule has 0 unspecified atom stereocenters. The lowest BCUT2D eigenvalue weighted by atomic mass is 9.99. The Kier molecular flexibility index (Phi) is 6.39. The molecule has 0 aliphatic rings. The van der Waals surface area contributed by atoms with Gasteiger partial charge in [0.05, 0.1) is 11.3 Å². The number of nitrogens with zero attached hydrogens (tertiary/aromatic N) is 1. The Bertz CT molecular complexity index is 518. The summed E-state index contributed by atoms with van der Waals surface area (Å²) in [4.78, 5) is 0. The molecule has 1 aromatic carbocycles. The number of anilines is 1. The number of nitrogens with one attached hydrogen (secondary N) is 1. The van der Waals surface area contributed by atoms with Crippen LogP contribution in [-0.2, 0) is 0 Å². The van der Waals surface area contributed by atoms with Crippen LogP contribution in [0.15, 0.2) is 42.0 Å². The van der Waals surface area contributed by atoms with E-state index in [1.54, 1.807) is 0 Å². The maximum atomic E-state index is 9.26. The van der Waals surface area contributed by atoms with Crippen molar-refractivity contribution in [3.05, 3.63) is 47.6 Å². The summed E-state index contributed by atoms with van der Waals surface area (Å²) in [5.41, 5.74) is 9.85. The van der Waals surface area contributed by atoms with Gasteiger partial charge >= 0.3 is 0 Å². The van der Waals surface area contributed by atoms with Gasteiger partial charge in [-0.25, -0.2) is 0 Å². The molecule has 0 heterocycles. The molecule has 3 N–H and O–H groups in total. The van der Waals surface area contributed by atoms with Crippen molar-refractivity contribution in [1.82, 2.24) is 0 Å². The Balaban J connectivity index is 2.97. The van der Waals surface area contributed by atoms with Gasteiger partial charge in [0.15, 0.2) is 0 Å². The highest BCUT2D eigenvalue weighted by atomic mass is 14.9. The average Bonchev–Trinajstić information content (AvgIpc) is 2.46. The SMILES string of the molecule is C=C(CCC)/C(C#N)=C(\N)c1ccc(NCCC)cc1. The minimum Gasteiger partial charge on any atom is -0.397 e. The molecule has 0 aliphatic heterocycles. The fourth-order valence-electron chi connectivity index (χ4n) is 1.94. The van der Waals surface area contributed by atoms with Gasteiger partial charge in [0.25, 0.3) is 0 Å². The number of hydrogen-bond acceptors (Lipinski definition) is 3. The minimum atomic E-state index is 0.501. The van der Waals surface area contributed by atoms with Crippen LogP contribution < -0.4 is 11.1 Å². The van der Waals surface area contributed by atoms with E-state index in [9.17, 15) is 5.26 Å². The summed E-state index contributed by atoms with van der Waals surface area (Å²) in [5.74, 6) is 0. The fraction of sp³-hybridized carbons (Fsp3) is 0.353. The third-order valence-corrected chi connectivity index (χ3v) is 3.06. The van der Waals surface area contributed by atoms with Crippen molar-refractivity contribution in [1.29, 1.82) is 5.26 Å². The monoisotopic (exact) mass is 269 g/mol. The number of hydrogen-bond donors (Lipinski definition) is 2. The molecule has 106 valence electrons. The van der Waals surface area contributed by atoms with Crippen molar-refractivity contribution in [2.75, 3.05) is 11.9 Å². The zero-order valence-corrected chi connectivity index (χ0v) is 12.4. The Hall–Kier alpha value is -2.21. The molecule has 3 nitrogen and oxygen atoms in total. The quantitative estimate of drug-likeness (QED) is 0.579. The van der Waals surface area contributed by atoms with Gasteiger partial charge in [-0.15, -0.1) is 0 Å². The number of nitriles is 1. The van der Waals surface area contributed by atoms with Crippen LogP contribution >= 0.6 is 0 Å². The summed E-state index contributed by atoms with van der Waals surface area (Å²) < 4.78 is 0. The van der Waals surface area contributed by atoms with Gasteiger partial charge in [-0.3, -0.25) is 0 Å². The Morgan fingerprint density at radius 3 is 2.40 bits per heavy atom. The highest BCUT2D eigenvalue weighted by Gasteiger charge is 2.09. The van der Waals surface area contributed by atoms with Crippen LogP contribution in [0.25, 0.3) is 5.70 Å². The van der Waals surface area contributed by atoms with Crippen molar-refractivity contribution in [3.8, 4) is 6.07 Å². The molecule has 0 saturated heterocycles. The number of nitrogens with two attached hydrogens (primary N) is 1. The van der Waals surface area contributed by atoms with Crippen LogP contribution in [-0.4, -0.2) is 6.54 Å². The molecule has 0 radical (unpaired) electrons. The highest BCUT2D eigenvalue weighted by Crippen LogP contribution is 2.22. The molecular weight excluding hydrogens is 246 g/mol. The maximum absolute atomic E-state index is 9.26. The van der Waals surface area contributed by atoms with E-state index < -0.39 is 0 Å². The van der Waals surface area contributed by atoms with Crippen LogP contribution in [0.1, 0.15) is 38.7 Å². The van der Waals surface area contributed by atoms with Crippen molar-refractivity contribution in [2.45, 2.75) is 33.1 Å². The lowest BCUT2D eigenvalue weighted by Crippen LogP contribution is -2.04. The topological polar surface area (TPSA) is 61.8 Å². The summed E-state index contributed by atoms with van der Waals surface area (Å²) >= 11 is 0. The zero-order valence-electron chi connectivity index (χ0n) is 12.4. The van der Waals surface area contributed by atoms with E-state index in [1.165, 1.54) is 0 Å². The molecule has 0 amide bonds. The van der Waals surface area contributed by atoms with Gasteiger partial charge in [-0.2, -0.15) is 5.26 Å². The predicted molar refractivity (Wildman–Crippen MR) is 86.0 cm³/mol. The fourth-order valence-corrected chi connectivity index (χ4v) is 1.94. The van der Waals surface area contributed by atoms with E-state index in [0.717, 1.165) is 42.6 Å². The number of allylic oxidation sites excluding steroid dienone is 2. The van der Waals surface area contributed by atoms with Gasteiger partial charge in [0.1, 0.15) is 6.07 Å². The molecular formula is C17H23N3. The third kappa shape index (κ3) is 4.17. The molecule has 1 aromatic rings. The van der Waals surface area contributed by atoms with Crippen molar-refractivity contribution >= 4 is 11.4 Å². The van der Waals surface area contributed by atoms with Crippen LogP contribution in [0.2, 0.25) is 0 Å². The minimum absolute atomic E-state index is 0.501. The van der Waals surface area contributed by atoms with Crippen molar-refractivity contribution < 1.29 is 0 Å². The van der Waals surface area contributed by atoms with Gasteiger partial charge in [-0.1, -0.05) is 39.0 Å². The summed E-state index contributed by atoms with van der Waals surface area (Å²) in [6, 6.07) is 10.0. The number of benzene rings is 1. The molecule has 1 rings (SSSR count). The first kappa shape index (κ1) is 15.8. The largest absolute Gasteiger partial charge is 0.397 e. The third-order valence-electron chi connectivity index (χ3n) is 3.06. The van der Waals surface area contributed by atoms with Crippen LogP contribution in [0.5, 0.6) is 0 Å². The second-order valence-corrected chi connectivity index (χ2v) is 4.76. The maximum Gasteiger partial charge on any atom is 0.102 e. The first-order chi connectivity index (χ1) is 9.63. The number of rotatable bonds is 7. The molecule has 20 heavy (non-hydrogen) atoms. The lowest BCUT2D eigenvalue weighted by Gasteiger charge is -2.10. The molecule has 0 aliphatic carbocycles. The van der Waals surface area contributed by atoms with Gasteiger partial charge < -0.3 is 11.1 Å². The molecule has 0 spiro atoms. The predicted octanol–water partition coefficient (Wildman–Crippen LogP) is 4.06. The lowest BCUT2D eigenvalue weighted by molar-refractivity contribution is 0.922. The summed E-state index contributed by atoms with van der Waals surface area (Å²) in [7, 11) is 0. The van der Waals surface area contributed by atoms with E-state index in [2.05, 4.69) is 31.8 Å². The van der Waals surface area contributed by atoms with Gasteiger partial charge in [0.2, 0.25) is 0 Å². The van der Waals surface area contributed by atoms with E-state index in [4.69, 9.17) is 5.73 Å². The smallest absolute Gasteiger partial charge is 0.102 e. The van der Waals surface area contributed by atoms with Crippen LogP contribution in [0.4, 0.5) is 5.69 Å². The van der Waals surface area contributed by atoms with Crippen LogP contribution in [0, 0.1) is 11.3 Å². The molecule has 3 heteroatoms. The second-order valence-electron chi connectivity index (χ2n) is 4.76. The summed E-state index contributed by atoms with van der Waals surface area (Å²) in [5, 5.41) is 12.6. The molecule has 0 saturated carbocycles. The molecule has 0 fully saturated rings. The van der Waals surface area contributed by atoms with Crippen molar-refractivity contribution in [2.24, 2.45) is 5.73 Å². The normalized spacial score (nSPS) is 11.4. The first-order valence-electron chi connectivity index (χ1n) is 7.06. The average molecular weight is 269 g/mol. The van der Waals surface area contributed by atoms with E-state index >= 15 is 0 Å². The first-order valence-corrected chi connectivity index (χ1v) is 7.06. The summed E-state index contributed by atoms with van der Waals surface area (Å²) in [6.07, 6.45) is 2.83. The van der Waals surface area contributed by atoms with Crippen LogP contribution in [0.3, 0.4) is 0 Å². The Morgan fingerprint density at radius 1 is 1.25 bits per heavy atom. The zero-order chi connectivity index (χ0) is 15.0. The van der Waals surface area contributed by atoms with E-state index in [-0.39, 0.29) is 0 Å². The van der Waals surface area contributed by atoms with Gasteiger partial charge in [-0.05, 0) is 36.1 Å². The van der Waals surface area contributed by atoms with E-state index in [1.807, 2.05) is 24.3 Å².